The molecule has 2 aromatic carbocycles. The highest BCUT2D eigenvalue weighted by Gasteiger charge is 2.58. The number of benzene rings is 2. The van der Waals surface area contributed by atoms with Gasteiger partial charge in [-0.3, -0.25) is 4.99 Å². The lowest BCUT2D eigenvalue weighted by atomic mass is 9.76. The number of halogens is 8. The summed E-state index contributed by atoms with van der Waals surface area (Å²) in [6.45, 7) is -0.519. The Balaban J connectivity index is 2.06. The molecule has 9 heteroatoms. The van der Waals surface area contributed by atoms with Crippen molar-refractivity contribution < 1.29 is 17.6 Å². The van der Waals surface area contributed by atoms with E-state index < -0.39 is 30.4 Å². The fourth-order valence-electron chi connectivity index (χ4n) is 2.88. The maximum atomic E-state index is 14.0. The zero-order valence-electron chi connectivity index (χ0n) is 12.8. The van der Waals surface area contributed by atoms with Crippen LogP contribution in [0.25, 0.3) is 0 Å². The average molecular weight is 490 g/mol. The quantitative estimate of drug-likeness (QED) is 0.311. The van der Waals surface area contributed by atoms with Crippen molar-refractivity contribution in [3.63, 3.8) is 0 Å². The van der Waals surface area contributed by atoms with Crippen LogP contribution in [0, 0.1) is 5.82 Å². The van der Waals surface area contributed by atoms with Crippen molar-refractivity contribution in [2.75, 3.05) is 6.54 Å². The van der Waals surface area contributed by atoms with Crippen molar-refractivity contribution in [1.82, 2.24) is 0 Å². The molecule has 0 aromatic heterocycles. The van der Waals surface area contributed by atoms with E-state index in [4.69, 9.17) is 34.8 Å². The van der Waals surface area contributed by atoms with Gasteiger partial charge in [0.25, 0.3) is 0 Å². The number of rotatable bonds is 2. The lowest BCUT2D eigenvalue weighted by Crippen LogP contribution is -2.43. The summed E-state index contributed by atoms with van der Waals surface area (Å²) in [5, 5.41) is -0.123. The fourth-order valence-corrected chi connectivity index (χ4v) is 3.85. The van der Waals surface area contributed by atoms with E-state index >= 15 is 0 Å². The minimum Gasteiger partial charge on any atom is -0.288 e. The van der Waals surface area contributed by atoms with Crippen molar-refractivity contribution >= 4 is 56.4 Å². The first-order chi connectivity index (χ1) is 12.0. The Morgan fingerprint density at radius 3 is 2.19 bits per heavy atom. The first kappa shape index (κ1) is 19.9. The normalized spacial score (nSPS) is 20.4. The molecule has 1 atom stereocenters. The molecule has 1 aliphatic rings. The van der Waals surface area contributed by atoms with Crippen molar-refractivity contribution in [3.05, 3.63) is 66.8 Å². The van der Waals surface area contributed by atoms with Gasteiger partial charge in [-0.15, -0.1) is 0 Å². The molecule has 0 fully saturated rings. The van der Waals surface area contributed by atoms with Crippen LogP contribution < -0.4 is 0 Å². The molecule has 0 N–H and O–H groups in total. The van der Waals surface area contributed by atoms with E-state index in [9.17, 15) is 17.6 Å². The minimum absolute atomic E-state index is 0.00369. The predicted molar refractivity (Wildman–Crippen MR) is 99.3 cm³/mol. The SMILES string of the molecule is Fc1ccc(C2=NCC(c3cc(Cl)c(Cl)c(Cl)c3)(C(F)(F)F)C2)cc1Br. The molecule has 1 unspecified atom stereocenters. The van der Waals surface area contributed by atoms with Gasteiger partial charge in [-0.05, 0) is 51.3 Å². The third kappa shape index (κ3) is 3.37. The summed E-state index contributed by atoms with van der Waals surface area (Å²) in [6.07, 6.45) is -5.02. The highest BCUT2D eigenvalue weighted by Crippen LogP contribution is 2.49. The molecule has 3 rings (SSSR count). The summed E-state index contributed by atoms with van der Waals surface area (Å²) < 4.78 is 55.7. The van der Waals surface area contributed by atoms with Crippen LogP contribution in [0.15, 0.2) is 39.8 Å². The molecule has 0 amide bonds. The highest BCUT2D eigenvalue weighted by molar-refractivity contribution is 9.10. The van der Waals surface area contributed by atoms with Crippen molar-refractivity contribution in [3.8, 4) is 0 Å². The Kier molecular flexibility index (Phi) is 5.34. The average Bonchev–Trinajstić information content (AvgIpc) is 3.01. The number of alkyl halides is 3. The van der Waals surface area contributed by atoms with Gasteiger partial charge >= 0.3 is 6.18 Å². The highest BCUT2D eigenvalue weighted by atomic mass is 79.9. The van der Waals surface area contributed by atoms with Crippen LogP contribution in [0.5, 0.6) is 0 Å². The van der Waals surface area contributed by atoms with E-state index in [1.165, 1.54) is 30.3 Å². The van der Waals surface area contributed by atoms with Gasteiger partial charge in [0.05, 0.1) is 26.1 Å². The summed E-state index contributed by atoms with van der Waals surface area (Å²) in [4.78, 5) is 4.09. The Morgan fingerprint density at radius 2 is 1.65 bits per heavy atom. The van der Waals surface area contributed by atoms with Gasteiger partial charge < -0.3 is 0 Å². The van der Waals surface area contributed by atoms with E-state index in [-0.39, 0.29) is 30.8 Å². The predicted octanol–water partition coefficient (Wildman–Crippen LogP) is 7.24. The largest absolute Gasteiger partial charge is 0.400 e. The lowest BCUT2D eigenvalue weighted by Gasteiger charge is -2.32. The number of hydrogen-bond donors (Lipinski definition) is 0. The van der Waals surface area contributed by atoms with Crippen LogP contribution in [0.3, 0.4) is 0 Å². The van der Waals surface area contributed by atoms with Gasteiger partial charge in [0, 0.05) is 12.1 Å². The maximum Gasteiger partial charge on any atom is 0.400 e. The van der Waals surface area contributed by atoms with Gasteiger partial charge in [0.15, 0.2) is 0 Å². The number of nitrogens with zero attached hydrogens (tertiary/aromatic N) is 1. The van der Waals surface area contributed by atoms with Gasteiger partial charge in [-0.1, -0.05) is 40.9 Å². The minimum atomic E-state index is -4.60. The van der Waals surface area contributed by atoms with Crippen LogP contribution in [-0.2, 0) is 5.41 Å². The second kappa shape index (κ2) is 6.97. The molecule has 0 saturated carbocycles. The Bertz CT molecular complexity index is 890. The second-order valence-electron chi connectivity index (χ2n) is 5.90. The molecular formula is C17H9BrCl3F4N. The third-order valence-corrected chi connectivity index (χ3v) is 6.15. The molecule has 26 heavy (non-hydrogen) atoms. The van der Waals surface area contributed by atoms with Crippen molar-refractivity contribution in [1.29, 1.82) is 0 Å². The molecule has 0 radical (unpaired) electrons. The monoisotopic (exact) mass is 487 g/mol. The second-order valence-corrected chi connectivity index (χ2v) is 7.95. The van der Waals surface area contributed by atoms with Gasteiger partial charge in [0.1, 0.15) is 11.2 Å². The van der Waals surface area contributed by atoms with E-state index in [0.717, 1.165) is 0 Å². The molecule has 138 valence electrons. The molecule has 0 spiro atoms. The van der Waals surface area contributed by atoms with Crippen LogP contribution in [0.2, 0.25) is 15.1 Å². The van der Waals surface area contributed by atoms with Crippen LogP contribution >= 0.6 is 50.7 Å². The summed E-state index contributed by atoms with van der Waals surface area (Å²) in [5.74, 6) is -0.509. The smallest absolute Gasteiger partial charge is 0.288 e. The molecule has 2 aromatic rings. The molecule has 0 saturated heterocycles. The lowest BCUT2D eigenvalue weighted by molar-refractivity contribution is -0.183. The van der Waals surface area contributed by atoms with E-state index in [0.29, 0.717) is 5.56 Å². The summed E-state index contributed by atoms with van der Waals surface area (Å²) in [7, 11) is 0. The molecule has 0 aliphatic carbocycles. The van der Waals surface area contributed by atoms with Crippen molar-refractivity contribution in [2.24, 2.45) is 4.99 Å². The van der Waals surface area contributed by atoms with Gasteiger partial charge in [0.2, 0.25) is 0 Å². The zero-order chi connectivity index (χ0) is 19.3. The molecule has 1 nitrogen and oxygen atoms in total. The maximum absolute atomic E-state index is 14.0. The molecular weight excluding hydrogens is 480 g/mol. The summed E-state index contributed by atoms with van der Waals surface area (Å²) in [6, 6.07) is 6.31. The topological polar surface area (TPSA) is 12.4 Å². The Morgan fingerprint density at radius 1 is 1.04 bits per heavy atom. The summed E-state index contributed by atoms with van der Waals surface area (Å²) in [5.41, 5.74) is -1.74. The first-order valence-corrected chi connectivity index (χ1v) is 9.18. The Hall–Kier alpha value is -0.820. The van der Waals surface area contributed by atoms with Gasteiger partial charge in [-0.2, -0.15) is 13.2 Å². The standard InChI is InChI=1S/C17H9BrCl3F4N/c18-10-3-8(1-2-13(10)22)14-6-16(7-26-14,17(23,24)25)9-4-11(19)15(21)12(20)5-9/h1-5H,6-7H2. The summed E-state index contributed by atoms with van der Waals surface area (Å²) >= 11 is 20.8. The first-order valence-electron chi connectivity index (χ1n) is 7.26. The van der Waals surface area contributed by atoms with E-state index in [1.54, 1.807) is 0 Å². The Labute approximate surface area is 170 Å². The van der Waals surface area contributed by atoms with E-state index in [1.807, 2.05) is 0 Å². The third-order valence-electron chi connectivity index (χ3n) is 4.34. The molecule has 1 aliphatic heterocycles. The molecule has 0 bridgehead atoms. The fraction of sp³-hybridized carbons (Fsp3) is 0.235. The van der Waals surface area contributed by atoms with Gasteiger partial charge in [-0.25, -0.2) is 4.39 Å². The van der Waals surface area contributed by atoms with E-state index in [2.05, 4.69) is 20.9 Å². The van der Waals surface area contributed by atoms with Crippen LogP contribution in [-0.4, -0.2) is 18.4 Å². The number of aliphatic imine (C=N–C) groups is 1. The zero-order valence-corrected chi connectivity index (χ0v) is 16.6. The molecule has 1 heterocycles. The van der Waals surface area contributed by atoms with Crippen molar-refractivity contribution in [2.45, 2.75) is 18.0 Å². The van der Waals surface area contributed by atoms with Crippen LogP contribution in [0.1, 0.15) is 17.5 Å². The van der Waals surface area contributed by atoms with Crippen LogP contribution in [0.4, 0.5) is 17.6 Å². The number of hydrogen-bond acceptors (Lipinski definition) is 1.